The van der Waals surface area contributed by atoms with Gasteiger partial charge in [-0.2, -0.15) is 0 Å². The van der Waals surface area contributed by atoms with Crippen LogP contribution in [0.2, 0.25) is 0 Å². The summed E-state index contributed by atoms with van der Waals surface area (Å²) in [5.74, 6) is -3.51. The number of hydrogen-bond donors (Lipinski definition) is 4. The van der Waals surface area contributed by atoms with E-state index in [1.54, 1.807) is 64.5 Å². The minimum Gasteiger partial charge on any atom is -0.462 e. The Morgan fingerprint density at radius 1 is 0.967 bits per heavy atom. The Kier molecular flexibility index (Phi) is 19.7. The minimum atomic E-state index is -1.38. The molecule has 0 aliphatic carbocycles. The molecule has 61 heavy (non-hydrogen) atoms. The van der Waals surface area contributed by atoms with E-state index in [9.17, 15) is 34.8 Å². The summed E-state index contributed by atoms with van der Waals surface area (Å²) in [6.45, 7) is 10.9. The van der Waals surface area contributed by atoms with Crippen molar-refractivity contribution in [2.45, 2.75) is 153 Å². The minimum absolute atomic E-state index is 0.000701. The normalized spacial score (nSPS) is 40.0. The largest absolute Gasteiger partial charge is 0.462 e. The average molecular weight is 865 g/mol. The van der Waals surface area contributed by atoms with Crippen molar-refractivity contribution in [2.75, 3.05) is 34.4 Å². The zero-order valence-electron chi connectivity index (χ0n) is 37.3. The summed E-state index contributed by atoms with van der Waals surface area (Å²) in [7, 11) is 6.46. The van der Waals surface area contributed by atoms with Crippen LogP contribution in [0.4, 0.5) is 0 Å². The molecular weight excluding hydrogens is 795 g/mol. The summed E-state index contributed by atoms with van der Waals surface area (Å²) in [6, 6.07) is -0.831. The van der Waals surface area contributed by atoms with Crippen LogP contribution in [0.3, 0.4) is 0 Å². The lowest BCUT2D eigenvalue weighted by Crippen LogP contribution is -2.64. The molecule has 1 aromatic rings. The van der Waals surface area contributed by atoms with Gasteiger partial charge in [0.2, 0.25) is 0 Å². The van der Waals surface area contributed by atoms with Gasteiger partial charge in [0.1, 0.15) is 36.8 Å². The molecule has 4 rings (SSSR count). The lowest BCUT2D eigenvalue weighted by molar-refractivity contribution is -0.305. The molecule has 3 aliphatic rings. The average Bonchev–Trinajstić information content (AvgIpc) is 3.65. The summed E-state index contributed by atoms with van der Waals surface area (Å²) in [5, 5.41) is 53.5. The Labute approximate surface area is 360 Å². The number of hydrogen-bond acceptors (Lipinski definition) is 17. The van der Waals surface area contributed by atoms with E-state index in [1.807, 2.05) is 19.9 Å². The molecule has 344 valence electrons. The lowest BCUT2D eigenvalue weighted by Gasteiger charge is -2.47. The van der Waals surface area contributed by atoms with Crippen molar-refractivity contribution in [2.24, 2.45) is 23.7 Å². The van der Waals surface area contributed by atoms with Crippen LogP contribution in [-0.4, -0.2) is 180 Å². The van der Waals surface area contributed by atoms with Crippen LogP contribution in [0, 0.1) is 23.7 Å². The fourth-order valence-corrected chi connectivity index (χ4v) is 8.62. The van der Waals surface area contributed by atoms with Crippen LogP contribution in [-0.2, 0) is 54.0 Å². The van der Waals surface area contributed by atoms with Gasteiger partial charge in [-0.15, -0.1) is 5.10 Å². The Morgan fingerprint density at radius 2 is 1.64 bits per heavy atom. The number of allylic oxidation sites excluding steroid dienone is 3. The van der Waals surface area contributed by atoms with Crippen LogP contribution in [0.5, 0.6) is 0 Å². The number of aromatic nitrogens is 3. The third-order valence-corrected chi connectivity index (χ3v) is 12.4. The molecule has 0 amide bonds. The first-order valence-electron chi connectivity index (χ1n) is 21.4. The van der Waals surface area contributed by atoms with Gasteiger partial charge < -0.3 is 63.0 Å². The van der Waals surface area contributed by atoms with Crippen molar-refractivity contribution in [3.63, 3.8) is 0 Å². The molecule has 4 heterocycles. The number of carbonyl (C=O) groups excluding carboxylic acids is 3. The van der Waals surface area contributed by atoms with Gasteiger partial charge in [0.25, 0.3) is 7.98 Å². The van der Waals surface area contributed by atoms with Crippen molar-refractivity contribution in [3.8, 4) is 0 Å². The molecule has 0 bridgehead atoms. The van der Waals surface area contributed by atoms with Gasteiger partial charge in [-0.05, 0) is 52.7 Å². The number of aliphatic hydroxyl groups excluding tert-OH is 4. The Hall–Kier alpha value is -2.95. The smallest absolute Gasteiger partial charge is 0.308 e. The summed E-state index contributed by atoms with van der Waals surface area (Å²) in [4.78, 5) is 41.4. The van der Waals surface area contributed by atoms with Crippen LogP contribution in [0.1, 0.15) is 72.9 Å². The number of aliphatic hydroxyl groups is 4. The zero-order valence-corrected chi connectivity index (χ0v) is 37.3. The molecule has 0 aromatic carbocycles. The standard InChI is InChI=1S/C42H69BN4O14/c1-10-32-28(21-57-42-40(56-9)39(55-8)36(53)26(6)59-42)17-22(2)11-12-30(49)23(3)18-27(14-16-48)38(24(4)31(50)19-33(51)60-32)61-41-37(54)34(35(52)25(5)58-41)46(7)15-13-29-20-47(43)45-44-29/h11-12,16-17,20,23-28,31-32,34-42,50,52-54H,10,13-15,18-19,21,43H2,1-9H3/b12-11+,22-17+/t23-,24+,25?,26?,27+,28-,31-,32-,34?,35?,36?,37?,38-,39?,40?,41?,42?/m1/s1. The van der Waals surface area contributed by atoms with E-state index in [0.29, 0.717) is 25.0 Å². The molecule has 17 atom stereocenters. The summed E-state index contributed by atoms with van der Waals surface area (Å²) in [6.07, 6.45) is -3.59. The highest BCUT2D eigenvalue weighted by Gasteiger charge is 2.48. The topological polar surface area (TPSA) is 231 Å². The van der Waals surface area contributed by atoms with E-state index in [-0.39, 0.29) is 25.2 Å². The lowest BCUT2D eigenvalue weighted by atomic mass is 9.79. The third kappa shape index (κ3) is 13.3. The number of nitrogens with zero attached hydrogens (tertiary/aromatic N) is 4. The van der Waals surface area contributed by atoms with Crippen molar-refractivity contribution in [1.29, 1.82) is 0 Å². The second kappa shape index (κ2) is 23.7. The molecule has 19 heteroatoms. The number of methoxy groups -OCH3 is 2. The molecule has 0 saturated carbocycles. The van der Waals surface area contributed by atoms with Crippen LogP contribution >= 0.6 is 0 Å². The van der Waals surface area contributed by atoms with Gasteiger partial charge in [0.05, 0.1) is 55.3 Å². The number of cyclic esters (lactones) is 1. The quantitative estimate of drug-likeness (QED) is 0.111. The van der Waals surface area contributed by atoms with Crippen molar-refractivity contribution < 1.29 is 68.0 Å². The van der Waals surface area contributed by atoms with E-state index in [1.165, 1.54) is 20.3 Å². The van der Waals surface area contributed by atoms with Crippen LogP contribution in [0.25, 0.3) is 0 Å². The van der Waals surface area contributed by atoms with E-state index in [0.717, 1.165) is 12.0 Å². The maximum absolute atomic E-state index is 13.7. The van der Waals surface area contributed by atoms with E-state index < -0.39 is 116 Å². The van der Waals surface area contributed by atoms with Crippen LogP contribution < -0.4 is 0 Å². The fraction of sp³-hybridized carbons (Fsp3) is 0.786. The molecule has 1 aromatic heterocycles. The Balaban J connectivity index is 1.61. The molecular formula is C42H69BN4O14. The maximum Gasteiger partial charge on any atom is 0.308 e. The number of ether oxygens (including phenoxy) is 7. The maximum atomic E-state index is 13.7. The molecule has 4 N–H and O–H groups in total. The van der Waals surface area contributed by atoms with Gasteiger partial charge in [-0.1, -0.05) is 43.7 Å². The predicted molar refractivity (Wildman–Crippen MR) is 223 cm³/mol. The van der Waals surface area contributed by atoms with Gasteiger partial charge in [-0.25, -0.2) is 0 Å². The van der Waals surface area contributed by atoms with E-state index >= 15 is 0 Å². The second-order valence-corrected chi connectivity index (χ2v) is 17.0. The summed E-state index contributed by atoms with van der Waals surface area (Å²) < 4.78 is 43.6. The second-order valence-electron chi connectivity index (χ2n) is 17.0. The molecule has 2 fully saturated rings. The molecule has 10 unspecified atom stereocenters. The monoisotopic (exact) mass is 864 g/mol. The van der Waals surface area contributed by atoms with Crippen molar-refractivity contribution in [3.05, 3.63) is 35.7 Å². The SMILES string of the molecule is Bn1cc(CCN(C)C2C(O)C(C)OC(O[C@H]3[C@@H](CC=O)C[C@@H](C)C(=O)/C=C/C(C)=C/[C@H](COC4OC(C)C(O)C(OC)C4OC)[C@@H](CC)OC(=O)C[C@@H](O)[C@@H]3C)C2O)nn1. The molecule has 2 saturated heterocycles. The fourth-order valence-electron chi connectivity index (χ4n) is 8.62. The highest BCUT2D eigenvalue weighted by atomic mass is 16.7. The number of rotatable bonds is 14. The predicted octanol–water partition coefficient (Wildman–Crippen LogP) is 0.163. The number of carbonyl (C=O) groups is 3. The van der Waals surface area contributed by atoms with E-state index in [2.05, 4.69) is 10.3 Å². The number of aldehydes is 1. The first-order valence-corrected chi connectivity index (χ1v) is 21.4. The van der Waals surface area contributed by atoms with Crippen molar-refractivity contribution >= 4 is 26.0 Å². The first kappa shape index (κ1) is 50.7. The molecule has 0 radical (unpaired) electrons. The van der Waals surface area contributed by atoms with Gasteiger partial charge in [0.15, 0.2) is 18.4 Å². The number of ketones is 1. The van der Waals surface area contributed by atoms with E-state index in [4.69, 9.17) is 33.2 Å². The van der Waals surface area contributed by atoms with Gasteiger partial charge in [-0.3, -0.25) is 14.5 Å². The highest BCUT2D eigenvalue weighted by Crippen LogP contribution is 2.35. The summed E-state index contributed by atoms with van der Waals surface area (Å²) in [5.41, 5.74) is 1.43. The third-order valence-electron chi connectivity index (χ3n) is 12.4. The number of likely N-dealkylation sites (N-methyl/N-ethyl adjacent to an activating group) is 1. The number of esters is 1. The van der Waals surface area contributed by atoms with Crippen LogP contribution in [0.15, 0.2) is 30.0 Å². The zero-order chi connectivity index (χ0) is 45.1. The van der Waals surface area contributed by atoms with Gasteiger partial charge >= 0.3 is 5.97 Å². The Bertz CT molecular complexity index is 1620. The Morgan fingerprint density at radius 3 is 2.26 bits per heavy atom. The molecule has 3 aliphatic heterocycles. The first-order chi connectivity index (χ1) is 28.9. The molecule has 18 nitrogen and oxygen atoms in total. The summed E-state index contributed by atoms with van der Waals surface area (Å²) >= 11 is 0. The highest BCUT2D eigenvalue weighted by molar-refractivity contribution is 6.05. The van der Waals surface area contributed by atoms with Gasteiger partial charge in [0, 0.05) is 57.6 Å². The molecule has 0 spiro atoms. The van der Waals surface area contributed by atoms with Crippen molar-refractivity contribution in [1.82, 2.24) is 19.8 Å².